The molecule has 0 aliphatic rings. The number of benzene rings is 1. The highest BCUT2D eigenvalue weighted by atomic mass is 35.5. The van der Waals surface area contributed by atoms with Gasteiger partial charge in [0.2, 0.25) is 0 Å². The van der Waals surface area contributed by atoms with E-state index in [-0.39, 0.29) is 0 Å². The van der Waals surface area contributed by atoms with E-state index in [2.05, 4.69) is 0 Å². The van der Waals surface area contributed by atoms with Crippen molar-refractivity contribution >= 4 is 39.0 Å². The van der Waals surface area contributed by atoms with Gasteiger partial charge in [0.25, 0.3) is 0 Å². The van der Waals surface area contributed by atoms with Crippen LogP contribution in [0.1, 0.15) is 9.67 Å². The first-order valence-corrected chi connectivity index (χ1v) is 5.21. The van der Waals surface area contributed by atoms with Gasteiger partial charge in [-0.25, -0.2) is 4.79 Å². The third-order valence-corrected chi connectivity index (χ3v) is 3.03. The maximum absolute atomic E-state index is 10.6. The van der Waals surface area contributed by atoms with E-state index in [1.54, 1.807) is 23.1 Å². The van der Waals surface area contributed by atoms with Crippen molar-refractivity contribution in [3.8, 4) is 0 Å². The lowest BCUT2D eigenvalue weighted by atomic mass is 10.2. The molecule has 2 rings (SSSR count). The minimum Gasteiger partial charge on any atom is -0.477 e. The van der Waals surface area contributed by atoms with Gasteiger partial charge in [-0.1, -0.05) is 11.6 Å². The average Bonchev–Trinajstić information content (AvgIpc) is 2.61. The molecule has 0 bridgehead atoms. The second kappa shape index (κ2) is 5.37. The van der Waals surface area contributed by atoms with Crippen LogP contribution in [0, 0.1) is 5.53 Å². The molecule has 0 amide bonds. The Morgan fingerprint density at radius 2 is 2.12 bits per heavy atom. The van der Waals surface area contributed by atoms with Gasteiger partial charge < -0.3 is 5.11 Å². The SMILES string of the molecule is O=C(O)c1cc2cc(Cl)ccc2s1.[N-]=[N+]=N. The lowest BCUT2D eigenvalue weighted by Crippen LogP contribution is -1.89. The summed E-state index contributed by atoms with van der Waals surface area (Å²) in [7, 11) is 0. The number of nitrogens with zero attached hydrogens (tertiary/aromatic N) is 2. The second-order valence-corrected chi connectivity index (χ2v) is 4.22. The maximum Gasteiger partial charge on any atom is 0.345 e. The molecule has 2 N–H and O–H groups in total. The quantitative estimate of drug-likeness (QED) is 0.455. The Labute approximate surface area is 99.3 Å². The molecule has 0 radical (unpaired) electrons. The molecule has 16 heavy (non-hydrogen) atoms. The number of fused-ring (bicyclic) bond motifs is 1. The fourth-order valence-corrected chi connectivity index (χ4v) is 2.18. The summed E-state index contributed by atoms with van der Waals surface area (Å²) in [5.41, 5.74) is 12.2. The van der Waals surface area contributed by atoms with Crippen molar-refractivity contribution in [3.63, 3.8) is 0 Å². The molecule has 2 aromatic rings. The molecule has 7 heteroatoms. The molecule has 0 fully saturated rings. The topological polar surface area (TPSA) is 97.5 Å². The van der Waals surface area contributed by atoms with Gasteiger partial charge in [-0.15, -0.1) is 16.9 Å². The Morgan fingerprint density at radius 1 is 1.50 bits per heavy atom. The number of rotatable bonds is 1. The molecule has 0 unspecified atom stereocenters. The van der Waals surface area contributed by atoms with E-state index in [4.69, 9.17) is 27.8 Å². The summed E-state index contributed by atoms with van der Waals surface area (Å²) in [6, 6.07) is 6.98. The van der Waals surface area contributed by atoms with Crippen molar-refractivity contribution in [2.75, 3.05) is 0 Å². The molecule has 1 heterocycles. The van der Waals surface area contributed by atoms with Crippen molar-refractivity contribution in [2.24, 2.45) is 0 Å². The van der Waals surface area contributed by atoms with Gasteiger partial charge in [0, 0.05) is 9.72 Å². The first-order chi connectivity index (χ1) is 7.58. The van der Waals surface area contributed by atoms with Crippen LogP contribution in [0.3, 0.4) is 0 Å². The number of carbonyl (C=O) groups is 1. The molecule has 0 aliphatic heterocycles. The number of nitrogens with one attached hydrogen (secondary N) is 1. The van der Waals surface area contributed by atoms with Gasteiger partial charge in [-0.2, -0.15) is 0 Å². The molecule has 0 atom stereocenters. The van der Waals surface area contributed by atoms with Crippen LogP contribution in [-0.4, -0.2) is 11.1 Å². The van der Waals surface area contributed by atoms with E-state index in [1.807, 2.05) is 6.07 Å². The summed E-state index contributed by atoms with van der Waals surface area (Å²) in [5, 5.41) is 10.2. The monoisotopic (exact) mass is 255 g/mol. The molecule has 0 saturated heterocycles. The molecular formula is C9H6ClN3O2S. The first kappa shape index (κ1) is 12.3. The lowest BCUT2D eigenvalue weighted by molar-refractivity contribution is 0.0702. The summed E-state index contributed by atoms with van der Waals surface area (Å²) < 4.78 is 0.946. The van der Waals surface area contributed by atoms with Crippen molar-refractivity contribution in [3.05, 3.63) is 44.6 Å². The van der Waals surface area contributed by atoms with Crippen LogP contribution in [0.2, 0.25) is 5.02 Å². The highest BCUT2D eigenvalue weighted by Crippen LogP contribution is 2.27. The summed E-state index contributed by atoms with van der Waals surface area (Å²) >= 11 is 7.02. The van der Waals surface area contributed by atoms with E-state index in [1.165, 1.54) is 11.3 Å². The van der Waals surface area contributed by atoms with Gasteiger partial charge in [-0.3, -0.25) is 0 Å². The van der Waals surface area contributed by atoms with Crippen LogP contribution in [0.4, 0.5) is 0 Å². The van der Waals surface area contributed by atoms with E-state index < -0.39 is 5.97 Å². The fourth-order valence-electron chi connectivity index (χ4n) is 1.12. The first-order valence-electron chi connectivity index (χ1n) is 4.01. The summed E-state index contributed by atoms with van der Waals surface area (Å²) in [4.78, 5) is 12.7. The zero-order valence-electron chi connectivity index (χ0n) is 7.85. The zero-order chi connectivity index (χ0) is 12.1. The third kappa shape index (κ3) is 2.87. The van der Waals surface area contributed by atoms with E-state index in [0.29, 0.717) is 9.90 Å². The summed E-state index contributed by atoms with van der Waals surface area (Å²) in [5.74, 6) is -0.891. The fraction of sp³-hybridized carbons (Fsp3) is 0. The molecule has 1 aromatic heterocycles. The molecule has 82 valence electrons. The standard InChI is InChI=1S/C9H5ClO2S.HN3/c10-6-1-2-7-5(3-6)4-8(13-7)9(11)12;1-3-2/h1-4H,(H,11,12);1H. The van der Waals surface area contributed by atoms with Crippen molar-refractivity contribution in [1.29, 1.82) is 5.53 Å². The average molecular weight is 256 g/mol. The number of thiophene rings is 1. The van der Waals surface area contributed by atoms with Crippen LogP contribution in [-0.2, 0) is 0 Å². The summed E-state index contributed by atoms with van der Waals surface area (Å²) in [6.45, 7) is 0. The normalized spacial score (nSPS) is 9.06. The van der Waals surface area contributed by atoms with E-state index >= 15 is 0 Å². The van der Waals surface area contributed by atoms with E-state index in [0.717, 1.165) is 10.1 Å². The largest absolute Gasteiger partial charge is 0.477 e. The number of hydrogen-bond donors (Lipinski definition) is 2. The molecule has 0 spiro atoms. The Morgan fingerprint density at radius 3 is 2.69 bits per heavy atom. The van der Waals surface area contributed by atoms with Gasteiger partial charge in [-0.05, 0) is 40.1 Å². The van der Waals surface area contributed by atoms with Gasteiger partial charge in [0.15, 0.2) is 0 Å². The van der Waals surface area contributed by atoms with Gasteiger partial charge >= 0.3 is 5.97 Å². The molecule has 1 aromatic carbocycles. The second-order valence-electron chi connectivity index (χ2n) is 2.70. The Kier molecular flexibility index (Phi) is 4.13. The molecule has 5 nitrogen and oxygen atoms in total. The van der Waals surface area contributed by atoms with Gasteiger partial charge in [0.1, 0.15) is 4.88 Å². The van der Waals surface area contributed by atoms with Crippen LogP contribution in [0.25, 0.3) is 20.5 Å². The van der Waals surface area contributed by atoms with Crippen molar-refractivity contribution in [2.45, 2.75) is 0 Å². The van der Waals surface area contributed by atoms with Gasteiger partial charge in [0.05, 0.1) is 0 Å². The minimum atomic E-state index is -0.891. The smallest absolute Gasteiger partial charge is 0.345 e. The predicted molar refractivity (Wildman–Crippen MR) is 63.2 cm³/mol. The summed E-state index contributed by atoms with van der Waals surface area (Å²) in [6.07, 6.45) is 0. The number of carboxylic acid groups (broad SMARTS) is 1. The molecule has 0 aliphatic carbocycles. The number of halogens is 1. The number of carboxylic acids is 1. The third-order valence-electron chi connectivity index (χ3n) is 1.69. The maximum atomic E-state index is 10.6. The van der Waals surface area contributed by atoms with Crippen LogP contribution < -0.4 is 0 Å². The zero-order valence-corrected chi connectivity index (χ0v) is 9.42. The van der Waals surface area contributed by atoms with Crippen LogP contribution in [0.5, 0.6) is 0 Å². The highest BCUT2D eigenvalue weighted by molar-refractivity contribution is 7.20. The highest BCUT2D eigenvalue weighted by Gasteiger charge is 2.07. The predicted octanol–water partition coefficient (Wildman–Crippen LogP) is 4.13. The Bertz CT molecular complexity index is 561. The lowest BCUT2D eigenvalue weighted by Gasteiger charge is -1.87. The minimum absolute atomic E-state index is 0.345. The van der Waals surface area contributed by atoms with Crippen LogP contribution >= 0.6 is 22.9 Å². The van der Waals surface area contributed by atoms with Crippen molar-refractivity contribution < 1.29 is 9.90 Å². The Balaban J connectivity index is 0.000000386. The number of aromatic carboxylic acids is 1. The van der Waals surface area contributed by atoms with Crippen molar-refractivity contribution in [1.82, 2.24) is 0 Å². The number of hydrogen-bond acceptors (Lipinski definition) is 3. The Hall–Kier alpha value is -1.75. The molecule has 0 saturated carbocycles. The van der Waals surface area contributed by atoms with E-state index in [9.17, 15) is 4.79 Å². The van der Waals surface area contributed by atoms with Crippen LogP contribution in [0.15, 0.2) is 24.3 Å². The molecular weight excluding hydrogens is 250 g/mol.